The van der Waals surface area contributed by atoms with E-state index in [1.165, 1.54) is 11.3 Å². The normalized spacial score (nSPS) is 12.2. The van der Waals surface area contributed by atoms with Crippen LogP contribution in [0.2, 0.25) is 0 Å². The molecule has 0 unspecified atom stereocenters. The highest BCUT2D eigenvalue weighted by atomic mass is 32.1. The van der Waals surface area contributed by atoms with Gasteiger partial charge in [0.2, 0.25) is 5.52 Å². The van der Waals surface area contributed by atoms with E-state index in [4.69, 9.17) is 0 Å². The molecule has 0 spiro atoms. The molecule has 6 N–H and O–H groups in total. The highest BCUT2D eigenvalue weighted by Crippen LogP contribution is 2.59. The van der Waals surface area contributed by atoms with Crippen LogP contribution in [-0.2, 0) is 15.6 Å². The highest BCUT2D eigenvalue weighted by Gasteiger charge is 2.44. The van der Waals surface area contributed by atoms with Crippen molar-refractivity contribution in [1.82, 2.24) is 9.97 Å². The third-order valence-corrected chi connectivity index (χ3v) is 9.38. The quantitative estimate of drug-likeness (QED) is 0.174. The van der Waals surface area contributed by atoms with Gasteiger partial charge in [-0.15, -0.1) is 11.3 Å². The summed E-state index contributed by atoms with van der Waals surface area (Å²) in [5.41, 5.74) is 0.0572. The van der Waals surface area contributed by atoms with E-state index in [-0.39, 0.29) is 17.5 Å². The lowest BCUT2D eigenvalue weighted by Gasteiger charge is -2.21. The van der Waals surface area contributed by atoms with Gasteiger partial charge in [0, 0.05) is 16.8 Å². The molecule has 0 bridgehead atoms. The monoisotopic (exact) mass is 548 g/mol. The molecule has 11 nitrogen and oxygen atoms in total. The molecule has 0 saturated carbocycles. The number of amides is 1. The third kappa shape index (κ3) is 5.88. The molecule has 4 rings (SSSR count). The van der Waals surface area contributed by atoms with Gasteiger partial charge in [-0.25, -0.2) is 9.97 Å². The van der Waals surface area contributed by atoms with Crippen molar-refractivity contribution in [2.45, 2.75) is 18.9 Å². The Kier molecular flexibility index (Phi) is 7.40. The zero-order valence-electron chi connectivity index (χ0n) is 18.8. The van der Waals surface area contributed by atoms with Crippen LogP contribution in [0.3, 0.4) is 0 Å². The molecule has 4 aromatic rings. The first-order valence-electron chi connectivity index (χ1n) is 10.6. The van der Waals surface area contributed by atoms with E-state index in [9.17, 15) is 33.5 Å². The molecule has 0 radical (unpaired) electrons. The molecule has 36 heavy (non-hydrogen) atoms. The van der Waals surface area contributed by atoms with Gasteiger partial charge in [-0.1, -0.05) is 31.2 Å². The smallest absolute Gasteiger partial charge is 0.346 e. The van der Waals surface area contributed by atoms with E-state index >= 15 is 0 Å². The number of rotatable bonds is 8. The minimum Gasteiger partial charge on any atom is -0.346 e. The highest BCUT2D eigenvalue weighted by molar-refractivity contribution is 7.71. The van der Waals surface area contributed by atoms with Crippen LogP contribution in [0.25, 0.3) is 21.6 Å². The Balaban J connectivity index is 1.67. The first-order valence-corrected chi connectivity index (χ1v) is 14.8. The standard InChI is InChI=1S/C22H22N4O7P2S/c1-2-13-6-8-14(9-7-13)20(27)23-16-5-3-4-15(12-16)18-24-19(17-10-11-36-21(17)25-18)26-22(34(28,29)30)35(31,32)33/h3-12,22H,2H2,1H3,(H,23,27)(H,24,25,26)(H2,28,29,30)(H2,31,32,33). The molecule has 2 heterocycles. The molecule has 14 heteroatoms. The van der Waals surface area contributed by atoms with E-state index in [2.05, 4.69) is 20.6 Å². The SMILES string of the molecule is CCc1ccc(C(=O)Nc2cccc(-c3nc(NC(P(=O)(O)O)P(=O)(O)O)c4ccsc4n3)c2)cc1. The molecule has 0 aliphatic carbocycles. The van der Waals surface area contributed by atoms with E-state index in [1.54, 1.807) is 47.8 Å². The van der Waals surface area contributed by atoms with Crippen LogP contribution in [0.15, 0.2) is 60.0 Å². The maximum atomic E-state index is 12.7. The van der Waals surface area contributed by atoms with Gasteiger partial charge in [-0.2, -0.15) is 0 Å². The summed E-state index contributed by atoms with van der Waals surface area (Å²) in [6, 6.07) is 15.5. The Bertz CT molecular complexity index is 1490. The van der Waals surface area contributed by atoms with Gasteiger partial charge in [0.1, 0.15) is 10.6 Å². The van der Waals surface area contributed by atoms with Crippen molar-refractivity contribution in [2.24, 2.45) is 0 Å². The van der Waals surface area contributed by atoms with Crippen LogP contribution >= 0.6 is 26.5 Å². The Hall–Kier alpha value is -2.95. The number of benzene rings is 2. The molecular weight excluding hydrogens is 526 g/mol. The Morgan fingerprint density at radius 1 is 1.00 bits per heavy atom. The molecule has 0 atom stereocenters. The summed E-state index contributed by atoms with van der Waals surface area (Å²) in [7, 11) is -10.5. The topological polar surface area (TPSA) is 182 Å². The van der Waals surface area contributed by atoms with E-state index in [1.807, 2.05) is 19.1 Å². The van der Waals surface area contributed by atoms with Gasteiger partial charge < -0.3 is 30.2 Å². The summed E-state index contributed by atoms with van der Waals surface area (Å²) in [5.74, 6) is -0.317. The molecular formula is C22H22N4O7P2S. The summed E-state index contributed by atoms with van der Waals surface area (Å²) >= 11 is 1.22. The number of carbonyl (C=O) groups excluding carboxylic acids is 1. The van der Waals surface area contributed by atoms with Crippen molar-refractivity contribution < 1.29 is 33.5 Å². The molecule has 188 valence electrons. The fraction of sp³-hybridized carbons (Fsp3) is 0.136. The largest absolute Gasteiger partial charge is 0.360 e. The van der Waals surface area contributed by atoms with Crippen molar-refractivity contribution in [2.75, 3.05) is 10.6 Å². The van der Waals surface area contributed by atoms with Crippen molar-refractivity contribution in [3.63, 3.8) is 0 Å². The minimum absolute atomic E-state index is 0.131. The number of thiophene rings is 1. The zero-order valence-corrected chi connectivity index (χ0v) is 21.4. The van der Waals surface area contributed by atoms with Gasteiger partial charge in [-0.3, -0.25) is 13.9 Å². The molecule has 0 saturated heterocycles. The fourth-order valence-corrected chi connectivity index (χ4v) is 6.32. The Morgan fingerprint density at radius 3 is 2.33 bits per heavy atom. The summed E-state index contributed by atoms with van der Waals surface area (Å²) in [6.07, 6.45) is 0.860. The van der Waals surface area contributed by atoms with Crippen LogP contribution in [-0.4, -0.2) is 41.0 Å². The first-order chi connectivity index (χ1) is 17.0. The molecule has 0 aliphatic rings. The first kappa shape index (κ1) is 26.1. The predicted molar refractivity (Wildman–Crippen MR) is 138 cm³/mol. The van der Waals surface area contributed by atoms with Crippen LogP contribution < -0.4 is 10.6 Å². The average molecular weight is 548 g/mol. The number of aryl methyl sites for hydroxylation is 1. The Labute approximate surface area is 209 Å². The average Bonchev–Trinajstić information content (AvgIpc) is 3.30. The van der Waals surface area contributed by atoms with Gasteiger partial charge in [0.15, 0.2) is 5.82 Å². The van der Waals surface area contributed by atoms with Crippen molar-refractivity contribution in [3.8, 4) is 11.4 Å². The zero-order chi connectivity index (χ0) is 26.1. The fourth-order valence-electron chi connectivity index (χ4n) is 3.41. The van der Waals surface area contributed by atoms with E-state index in [0.717, 1.165) is 12.0 Å². The lowest BCUT2D eigenvalue weighted by atomic mass is 10.1. The van der Waals surface area contributed by atoms with Gasteiger partial charge >= 0.3 is 15.2 Å². The molecule has 1 amide bonds. The number of aromatic nitrogens is 2. The Morgan fingerprint density at radius 2 is 1.69 bits per heavy atom. The maximum Gasteiger partial charge on any atom is 0.360 e. The second-order valence-corrected chi connectivity index (χ2v) is 12.5. The van der Waals surface area contributed by atoms with Crippen LogP contribution in [0.5, 0.6) is 0 Å². The summed E-state index contributed by atoms with van der Waals surface area (Å²) in [4.78, 5) is 59.9. The number of hydrogen-bond acceptors (Lipinski definition) is 7. The molecule has 2 aromatic heterocycles. The third-order valence-electron chi connectivity index (χ3n) is 5.23. The minimum atomic E-state index is -5.25. The molecule has 2 aromatic carbocycles. The summed E-state index contributed by atoms with van der Waals surface area (Å²) in [6.45, 7) is 2.02. The molecule has 0 aliphatic heterocycles. The second-order valence-electron chi connectivity index (χ2n) is 7.82. The van der Waals surface area contributed by atoms with Crippen LogP contribution in [0.1, 0.15) is 22.8 Å². The van der Waals surface area contributed by atoms with Crippen molar-refractivity contribution in [1.29, 1.82) is 0 Å². The number of fused-ring (bicyclic) bond motifs is 1. The summed E-state index contributed by atoms with van der Waals surface area (Å²) in [5, 5.41) is 7.06. The van der Waals surface area contributed by atoms with Gasteiger partial charge in [0.25, 0.3) is 5.91 Å². The predicted octanol–water partition coefficient (Wildman–Crippen LogP) is 4.22. The van der Waals surface area contributed by atoms with Gasteiger partial charge in [0.05, 0.1) is 5.39 Å². The lowest BCUT2D eigenvalue weighted by Crippen LogP contribution is -2.21. The number of carbonyl (C=O) groups is 1. The summed E-state index contributed by atoms with van der Waals surface area (Å²) < 4.78 is 23.5. The molecule has 0 fully saturated rings. The number of nitrogens with one attached hydrogen (secondary N) is 2. The van der Waals surface area contributed by atoms with Crippen LogP contribution in [0.4, 0.5) is 11.5 Å². The van der Waals surface area contributed by atoms with E-state index < -0.39 is 20.7 Å². The lowest BCUT2D eigenvalue weighted by molar-refractivity contribution is 0.102. The van der Waals surface area contributed by atoms with Crippen molar-refractivity contribution >= 4 is 54.2 Å². The number of hydrogen-bond donors (Lipinski definition) is 6. The second kappa shape index (κ2) is 10.2. The number of nitrogens with zero attached hydrogens (tertiary/aromatic N) is 2. The van der Waals surface area contributed by atoms with Crippen LogP contribution in [0, 0.1) is 0 Å². The van der Waals surface area contributed by atoms with Crippen molar-refractivity contribution in [3.05, 3.63) is 71.1 Å². The van der Waals surface area contributed by atoms with E-state index in [0.29, 0.717) is 27.0 Å². The number of anilines is 2. The van der Waals surface area contributed by atoms with Gasteiger partial charge in [-0.05, 0) is 47.7 Å². The maximum absolute atomic E-state index is 12.7.